The highest BCUT2D eigenvalue weighted by Gasteiger charge is 2.35. The SMILES string of the molecule is CCC(C)C1CNC(C(C)(C)C)CN1CCCOC. The van der Waals surface area contributed by atoms with Crippen molar-refractivity contribution in [2.45, 2.75) is 59.5 Å². The Labute approximate surface area is 120 Å². The topological polar surface area (TPSA) is 24.5 Å². The van der Waals surface area contributed by atoms with Gasteiger partial charge in [-0.1, -0.05) is 41.0 Å². The number of rotatable bonds is 6. The van der Waals surface area contributed by atoms with Crippen LogP contribution in [0.3, 0.4) is 0 Å². The van der Waals surface area contributed by atoms with Crippen LogP contribution in [-0.4, -0.2) is 50.3 Å². The first-order chi connectivity index (χ1) is 8.90. The van der Waals surface area contributed by atoms with E-state index in [0.717, 1.165) is 32.0 Å². The molecule has 0 bridgehead atoms. The fourth-order valence-electron chi connectivity index (χ4n) is 2.91. The minimum atomic E-state index is 0.333. The predicted octanol–water partition coefficient (Wildman–Crippen LogP) is 2.76. The van der Waals surface area contributed by atoms with Crippen molar-refractivity contribution in [2.75, 3.05) is 33.4 Å². The summed E-state index contributed by atoms with van der Waals surface area (Å²) in [5.41, 5.74) is 0.333. The van der Waals surface area contributed by atoms with Crippen molar-refractivity contribution < 1.29 is 4.74 Å². The van der Waals surface area contributed by atoms with Gasteiger partial charge in [0, 0.05) is 45.4 Å². The Bertz CT molecular complexity index is 250. The molecule has 0 spiro atoms. The molecule has 3 nitrogen and oxygen atoms in total. The first kappa shape index (κ1) is 16.9. The largest absolute Gasteiger partial charge is 0.385 e. The molecular formula is C16H34N2O. The van der Waals surface area contributed by atoms with E-state index in [9.17, 15) is 0 Å². The lowest BCUT2D eigenvalue weighted by Gasteiger charge is -2.47. The van der Waals surface area contributed by atoms with E-state index in [1.807, 2.05) is 0 Å². The Morgan fingerprint density at radius 2 is 2.05 bits per heavy atom. The Morgan fingerprint density at radius 1 is 1.37 bits per heavy atom. The Balaban J connectivity index is 2.63. The summed E-state index contributed by atoms with van der Waals surface area (Å²) in [4.78, 5) is 2.69. The molecule has 0 aliphatic carbocycles. The quantitative estimate of drug-likeness (QED) is 0.751. The summed E-state index contributed by atoms with van der Waals surface area (Å²) in [5.74, 6) is 0.760. The number of nitrogens with one attached hydrogen (secondary N) is 1. The summed E-state index contributed by atoms with van der Waals surface area (Å²) in [6.07, 6.45) is 2.40. The van der Waals surface area contributed by atoms with Crippen LogP contribution in [0.1, 0.15) is 47.5 Å². The van der Waals surface area contributed by atoms with Gasteiger partial charge < -0.3 is 10.1 Å². The Kier molecular flexibility index (Phi) is 6.78. The highest BCUT2D eigenvalue weighted by atomic mass is 16.5. The molecule has 0 amide bonds. The highest BCUT2D eigenvalue weighted by Crippen LogP contribution is 2.26. The van der Waals surface area contributed by atoms with Crippen LogP contribution in [0.4, 0.5) is 0 Å². The molecule has 3 unspecified atom stereocenters. The van der Waals surface area contributed by atoms with Crippen LogP contribution >= 0.6 is 0 Å². The molecule has 0 radical (unpaired) electrons. The smallest absolute Gasteiger partial charge is 0.0474 e. The van der Waals surface area contributed by atoms with Gasteiger partial charge in [-0.25, -0.2) is 0 Å². The van der Waals surface area contributed by atoms with Crippen molar-refractivity contribution in [1.29, 1.82) is 0 Å². The third kappa shape index (κ3) is 5.05. The third-order valence-corrected chi connectivity index (χ3v) is 4.60. The first-order valence-electron chi connectivity index (χ1n) is 7.86. The molecule has 19 heavy (non-hydrogen) atoms. The van der Waals surface area contributed by atoms with Crippen molar-refractivity contribution in [3.63, 3.8) is 0 Å². The summed E-state index contributed by atoms with van der Waals surface area (Å²) in [5, 5.41) is 3.77. The van der Waals surface area contributed by atoms with Crippen LogP contribution in [-0.2, 0) is 4.74 Å². The van der Waals surface area contributed by atoms with E-state index in [0.29, 0.717) is 17.5 Å². The van der Waals surface area contributed by atoms with E-state index in [1.165, 1.54) is 13.0 Å². The lowest BCUT2D eigenvalue weighted by molar-refractivity contribution is 0.0509. The highest BCUT2D eigenvalue weighted by molar-refractivity contribution is 4.93. The van der Waals surface area contributed by atoms with Gasteiger partial charge in [0.25, 0.3) is 0 Å². The molecule has 0 saturated carbocycles. The van der Waals surface area contributed by atoms with Gasteiger partial charge in [0.2, 0.25) is 0 Å². The molecule has 1 aliphatic heterocycles. The molecule has 3 atom stereocenters. The van der Waals surface area contributed by atoms with Gasteiger partial charge in [-0.15, -0.1) is 0 Å². The number of methoxy groups -OCH3 is 1. The number of nitrogens with zero attached hydrogens (tertiary/aromatic N) is 1. The van der Waals surface area contributed by atoms with Gasteiger partial charge in [0.05, 0.1) is 0 Å². The normalized spacial score (nSPS) is 27.5. The average Bonchev–Trinajstić information content (AvgIpc) is 2.37. The molecule has 1 fully saturated rings. The molecule has 1 heterocycles. The molecule has 1 rings (SSSR count). The number of hydrogen-bond acceptors (Lipinski definition) is 3. The molecular weight excluding hydrogens is 236 g/mol. The standard InChI is InChI=1S/C16H34N2O/c1-7-13(2)14-11-17-15(16(3,4)5)12-18(14)9-8-10-19-6/h13-15,17H,7-12H2,1-6H3. The van der Waals surface area contributed by atoms with Crippen molar-refractivity contribution in [2.24, 2.45) is 11.3 Å². The molecule has 0 aromatic rings. The Hall–Kier alpha value is -0.120. The first-order valence-corrected chi connectivity index (χ1v) is 7.86. The summed E-state index contributed by atoms with van der Waals surface area (Å²) < 4.78 is 5.21. The fraction of sp³-hybridized carbons (Fsp3) is 1.00. The molecule has 3 heteroatoms. The zero-order chi connectivity index (χ0) is 14.5. The third-order valence-electron chi connectivity index (χ3n) is 4.60. The van der Waals surface area contributed by atoms with Gasteiger partial charge in [0.15, 0.2) is 0 Å². The van der Waals surface area contributed by atoms with Crippen LogP contribution in [0.15, 0.2) is 0 Å². The van der Waals surface area contributed by atoms with Crippen molar-refractivity contribution >= 4 is 0 Å². The maximum atomic E-state index is 5.21. The van der Waals surface area contributed by atoms with Gasteiger partial charge >= 0.3 is 0 Å². The summed E-state index contributed by atoms with van der Waals surface area (Å²) in [6, 6.07) is 1.27. The lowest BCUT2D eigenvalue weighted by atomic mass is 9.83. The van der Waals surface area contributed by atoms with Gasteiger partial charge in [0.1, 0.15) is 0 Å². The monoisotopic (exact) mass is 270 g/mol. The predicted molar refractivity (Wildman–Crippen MR) is 82.6 cm³/mol. The molecule has 0 aromatic carbocycles. The number of hydrogen-bond donors (Lipinski definition) is 1. The molecule has 1 saturated heterocycles. The van der Waals surface area contributed by atoms with Gasteiger partial charge in [-0.3, -0.25) is 4.90 Å². The van der Waals surface area contributed by atoms with Crippen LogP contribution in [0.2, 0.25) is 0 Å². The van der Waals surface area contributed by atoms with Crippen LogP contribution < -0.4 is 5.32 Å². The number of ether oxygens (including phenoxy) is 1. The maximum absolute atomic E-state index is 5.21. The number of piperazine rings is 1. The maximum Gasteiger partial charge on any atom is 0.0474 e. The van der Waals surface area contributed by atoms with Crippen molar-refractivity contribution in [3.8, 4) is 0 Å². The second-order valence-corrected chi connectivity index (χ2v) is 7.12. The zero-order valence-corrected chi connectivity index (χ0v) is 13.8. The molecule has 0 aromatic heterocycles. The van der Waals surface area contributed by atoms with Gasteiger partial charge in [-0.2, -0.15) is 0 Å². The van der Waals surface area contributed by atoms with Crippen LogP contribution in [0, 0.1) is 11.3 Å². The Morgan fingerprint density at radius 3 is 2.58 bits per heavy atom. The van der Waals surface area contributed by atoms with E-state index in [4.69, 9.17) is 4.74 Å². The summed E-state index contributed by atoms with van der Waals surface area (Å²) >= 11 is 0. The molecule has 1 N–H and O–H groups in total. The van der Waals surface area contributed by atoms with Crippen LogP contribution in [0.25, 0.3) is 0 Å². The van der Waals surface area contributed by atoms with Crippen LogP contribution in [0.5, 0.6) is 0 Å². The second-order valence-electron chi connectivity index (χ2n) is 7.12. The minimum Gasteiger partial charge on any atom is -0.385 e. The lowest BCUT2D eigenvalue weighted by Crippen LogP contribution is -2.62. The minimum absolute atomic E-state index is 0.333. The van der Waals surface area contributed by atoms with Crippen molar-refractivity contribution in [1.82, 2.24) is 10.2 Å². The molecule has 1 aliphatic rings. The van der Waals surface area contributed by atoms with E-state index in [-0.39, 0.29) is 0 Å². The fourth-order valence-corrected chi connectivity index (χ4v) is 2.91. The zero-order valence-electron chi connectivity index (χ0n) is 13.8. The van der Waals surface area contributed by atoms with E-state index in [2.05, 4.69) is 44.8 Å². The molecule has 114 valence electrons. The van der Waals surface area contributed by atoms with Gasteiger partial charge in [-0.05, 0) is 17.8 Å². The van der Waals surface area contributed by atoms with E-state index in [1.54, 1.807) is 7.11 Å². The summed E-state index contributed by atoms with van der Waals surface area (Å²) in [7, 11) is 1.79. The van der Waals surface area contributed by atoms with Crippen molar-refractivity contribution in [3.05, 3.63) is 0 Å². The van der Waals surface area contributed by atoms with E-state index >= 15 is 0 Å². The average molecular weight is 270 g/mol. The summed E-state index contributed by atoms with van der Waals surface area (Å²) in [6.45, 7) is 16.0. The van der Waals surface area contributed by atoms with E-state index < -0.39 is 0 Å². The second kappa shape index (κ2) is 7.61.